The first-order valence-corrected chi connectivity index (χ1v) is 15.4. The smallest absolute Gasteiger partial charge is 0.0562 e. The molecule has 43 heavy (non-hydrogen) atoms. The number of nitrogens with zero attached hydrogens (tertiary/aromatic N) is 2. The van der Waals surface area contributed by atoms with Crippen molar-refractivity contribution in [3.05, 3.63) is 158 Å². The van der Waals surface area contributed by atoms with Crippen molar-refractivity contribution in [3.63, 3.8) is 0 Å². The summed E-state index contributed by atoms with van der Waals surface area (Å²) in [6, 6.07) is 57.2. The molecular formula is C40H26N2S. The maximum absolute atomic E-state index is 2.44. The highest BCUT2D eigenvalue weighted by molar-refractivity contribution is 7.25. The quantitative estimate of drug-likeness (QED) is 0.206. The summed E-state index contributed by atoms with van der Waals surface area (Å²) in [4.78, 5) is 2.44. The first kappa shape index (κ1) is 24.2. The Kier molecular flexibility index (Phi) is 5.40. The molecule has 7 aromatic carbocycles. The van der Waals surface area contributed by atoms with Gasteiger partial charge >= 0.3 is 0 Å². The fourth-order valence-corrected chi connectivity index (χ4v) is 7.80. The van der Waals surface area contributed by atoms with E-state index in [4.69, 9.17) is 0 Å². The third kappa shape index (κ3) is 3.72. The van der Waals surface area contributed by atoms with Crippen molar-refractivity contribution in [2.24, 2.45) is 0 Å². The van der Waals surface area contributed by atoms with Gasteiger partial charge in [0.25, 0.3) is 0 Å². The van der Waals surface area contributed by atoms with Crippen molar-refractivity contribution in [3.8, 4) is 5.69 Å². The van der Waals surface area contributed by atoms with Crippen molar-refractivity contribution in [2.75, 3.05) is 4.90 Å². The minimum atomic E-state index is 1.13. The molecule has 0 aliphatic carbocycles. The SMILES string of the molecule is c1ccc(N(c2ccc3sc4ccccc4c3c2)c2cccc3c2c2c4ccccc4ccc2n3-c2ccccc2)cc1. The van der Waals surface area contributed by atoms with Gasteiger partial charge in [0.05, 0.1) is 16.7 Å². The van der Waals surface area contributed by atoms with E-state index in [2.05, 4.69) is 167 Å². The van der Waals surface area contributed by atoms with Crippen molar-refractivity contribution in [1.82, 2.24) is 4.57 Å². The van der Waals surface area contributed by atoms with Crippen LogP contribution in [-0.4, -0.2) is 4.57 Å². The summed E-state index contributed by atoms with van der Waals surface area (Å²) >= 11 is 1.86. The summed E-state index contributed by atoms with van der Waals surface area (Å²) < 4.78 is 5.04. The van der Waals surface area contributed by atoms with Crippen LogP contribution in [-0.2, 0) is 0 Å². The minimum Gasteiger partial charge on any atom is -0.310 e. The van der Waals surface area contributed by atoms with E-state index in [1.165, 1.54) is 58.4 Å². The zero-order valence-corrected chi connectivity index (χ0v) is 24.1. The van der Waals surface area contributed by atoms with Crippen molar-refractivity contribution >= 4 is 81.1 Å². The lowest BCUT2D eigenvalue weighted by molar-refractivity contribution is 1.18. The zero-order valence-electron chi connectivity index (χ0n) is 23.3. The van der Waals surface area contributed by atoms with Gasteiger partial charge in [-0.2, -0.15) is 0 Å². The van der Waals surface area contributed by atoms with Crippen LogP contribution in [0.5, 0.6) is 0 Å². The fraction of sp³-hybridized carbons (Fsp3) is 0. The Balaban J connectivity index is 1.42. The second-order valence-corrected chi connectivity index (χ2v) is 12.1. The molecule has 0 aliphatic heterocycles. The molecule has 2 heterocycles. The Hall–Kier alpha value is -5.38. The number of para-hydroxylation sites is 2. The molecule has 0 fully saturated rings. The first-order chi connectivity index (χ1) is 21.3. The Morgan fingerprint density at radius 3 is 2.00 bits per heavy atom. The molecule has 0 amide bonds. The Morgan fingerprint density at radius 2 is 1.14 bits per heavy atom. The molecular weight excluding hydrogens is 541 g/mol. The topological polar surface area (TPSA) is 8.17 Å². The minimum absolute atomic E-state index is 1.13. The van der Waals surface area contributed by atoms with E-state index >= 15 is 0 Å². The zero-order chi connectivity index (χ0) is 28.3. The summed E-state index contributed by atoms with van der Waals surface area (Å²) in [6.45, 7) is 0. The predicted octanol–water partition coefficient (Wildman–Crippen LogP) is 11.8. The molecule has 0 saturated carbocycles. The van der Waals surface area contributed by atoms with E-state index in [1.54, 1.807) is 0 Å². The molecule has 202 valence electrons. The van der Waals surface area contributed by atoms with Crippen molar-refractivity contribution in [1.29, 1.82) is 0 Å². The molecule has 0 radical (unpaired) electrons. The second kappa shape index (κ2) is 9.59. The third-order valence-electron chi connectivity index (χ3n) is 8.55. The lowest BCUT2D eigenvalue weighted by Crippen LogP contribution is -2.10. The summed E-state index contributed by atoms with van der Waals surface area (Å²) in [5.41, 5.74) is 7.01. The first-order valence-electron chi connectivity index (χ1n) is 14.6. The molecule has 0 atom stereocenters. The van der Waals surface area contributed by atoms with Crippen LogP contribution in [0.2, 0.25) is 0 Å². The van der Waals surface area contributed by atoms with Gasteiger partial charge in [-0.3, -0.25) is 0 Å². The standard InChI is InChI=1S/C40H26N2S/c1-3-13-28(14-4-1)41(30-23-25-38-33(26-30)32-18-9-10-21-37(32)43-38)34-19-11-20-35-40(34)39-31-17-8-7-12-27(31)22-24-36(39)42(35)29-15-5-2-6-16-29/h1-26H. The van der Waals surface area contributed by atoms with Crippen LogP contribution >= 0.6 is 11.3 Å². The predicted molar refractivity (Wildman–Crippen MR) is 186 cm³/mol. The average molecular weight is 567 g/mol. The normalized spacial score (nSPS) is 11.7. The second-order valence-electron chi connectivity index (χ2n) is 11.0. The van der Waals surface area contributed by atoms with Crippen LogP contribution in [0.1, 0.15) is 0 Å². The summed E-state index contributed by atoms with van der Waals surface area (Å²) in [7, 11) is 0. The highest BCUT2D eigenvalue weighted by atomic mass is 32.1. The van der Waals surface area contributed by atoms with Gasteiger partial charge in [0.15, 0.2) is 0 Å². The van der Waals surface area contributed by atoms with Crippen LogP contribution in [0.4, 0.5) is 17.1 Å². The molecule has 2 nitrogen and oxygen atoms in total. The van der Waals surface area contributed by atoms with Gasteiger partial charge in [-0.1, -0.05) is 91.0 Å². The van der Waals surface area contributed by atoms with Gasteiger partial charge < -0.3 is 9.47 Å². The van der Waals surface area contributed by atoms with Gasteiger partial charge in [-0.05, 0) is 77.5 Å². The fourth-order valence-electron chi connectivity index (χ4n) is 6.71. The third-order valence-corrected chi connectivity index (χ3v) is 9.70. The molecule has 0 saturated heterocycles. The average Bonchev–Trinajstić information content (AvgIpc) is 3.62. The number of aromatic nitrogens is 1. The molecule has 0 spiro atoms. The molecule has 0 bridgehead atoms. The number of benzene rings is 7. The number of anilines is 3. The van der Waals surface area contributed by atoms with Crippen LogP contribution in [0.15, 0.2) is 158 Å². The highest BCUT2D eigenvalue weighted by Crippen LogP contribution is 2.46. The van der Waals surface area contributed by atoms with E-state index < -0.39 is 0 Å². The summed E-state index contributed by atoms with van der Waals surface area (Å²) in [5, 5.41) is 7.63. The number of hydrogen-bond acceptors (Lipinski definition) is 2. The lowest BCUT2D eigenvalue weighted by Gasteiger charge is -2.26. The molecule has 2 aromatic heterocycles. The molecule has 0 aliphatic rings. The highest BCUT2D eigenvalue weighted by Gasteiger charge is 2.22. The summed E-state index contributed by atoms with van der Waals surface area (Å²) in [6.07, 6.45) is 0. The van der Waals surface area contributed by atoms with Crippen LogP contribution in [0, 0.1) is 0 Å². The molecule has 0 N–H and O–H groups in total. The molecule has 3 heteroatoms. The lowest BCUT2D eigenvalue weighted by atomic mass is 10.0. The van der Waals surface area contributed by atoms with Crippen LogP contribution in [0.3, 0.4) is 0 Å². The van der Waals surface area contributed by atoms with E-state index in [0.717, 1.165) is 17.1 Å². The number of fused-ring (bicyclic) bond motifs is 8. The van der Waals surface area contributed by atoms with Crippen molar-refractivity contribution in [2.45, 2.75) is 0 Å². The molecule has 9 aromatic rings. The molecule has 0 unspecified atom stereocenters. The van der Waals surface area contributed by atoms with Gasteiger partial charge in [0, 0.05) is 48.0 Å². The van der Waals surface area contributed by atoms with E-state index in [1.807, 2.05) is 11.3 Å². The van der Waals surface area contributed by atoms with E-state index in [-0.39, 0.29) is 0 Å². The van der Waals surface area contributed by atoms with Crippen LogP contribution < -0.4 is 4.90 Å². The monoisotopic (exact) mass is 566 g/mol. The maximum atomic E-state index is 2.44. The van der Waals surface area contributed by atoms with Gasteiger partial charge in [-0.25, -0.2) is 0 Å². The maximum Gasteiger partial charge on any atom is 0.0562 e. The number of rotatable bonds is 4. The Labute approximate surface area is 253 Å². The van der Waals surface area contributed by atoms with Gasteiger partial charge in [-0.15, -0.1) is 11.3 Å². The van der Waals surface area contributed by atoms with E-state index in [9.17, 15) is 0 Å². The summed E-state index contributed by atoms with van der Waals surface area (Å²) in [5.74, 6) is 0. The van der Waals surface area contributed by atoms with Crippen molar-refractivity contribution < 1.29 is 0 Å². The molecule has 9 rings (SSSR count). The van der Waals surface area contributed by atoms with Crippen LogP contribution in [0.25, 0.3) is 58.4 Å². The number of hydrogen-bond donors (Lipinski definition) is 0. The number of thiophene rings is 1. The Morgan fingerprint density at radius 1 is 0.442 bits per heavy atom. The largest absolute Gasteiger partial charge is 0.310 e. The van der Waals surface area contributed by atoms with Gasteiger partial charge in [0.2, 0.25) is 0 Å². The Bertz CT molecular complexity index is 2450. The van der Waals surface area contributed by atoms with Gasteiger partial charge in [0.1, 0.15) is 0 Å². The van der Waals surface area contributed by atoms with E-state index in [0.29, 0.717) is 0 Å².